The van der Waals surface area contributed by atoms with Gasteiger partial charge >= 0.3 is 5.97 Å². The van der Waals surface area contributed by atoms with Crippen LogP contribution in [0.2, 0.25) is 0 Å². The number of hydrogen-bond acceptors (Lipinski definition) is 4. The smallest absolute Gasteiger partial charge is 0.303 e. The van der Waals surface area contributed by atoms with Crippen molar-refractivity contribution in [2.45, 2.75) is 78.6 Å². The highest BCUT2D eigenvalue weighted by molar-refractivity contribution is 5.93. The lowest BCUT2D eigenvalue weighted by atomic mass is 9.44. The standard InChI is InChI=1S/C24H34O5/c1-13(4-7-21(28)29)16-5-6-17-22-18(12-20(27)24(16,17)3)23(2)9-8-15(25)10-14(23)11-19(22)26/h13-14,16-18,22H,4-12H2,1-3H3,(H,28,29)/t13?,14-,16+,17?,18?,22?,23-,24+/m0/s1. The summed E-state index contributed by atoms with van der Waals surface area (Å²) in [6.07, 6.45) is 5.33. The van der Waals surface area contributed by atoms with Crippen LogP contribution in [0.15, 0.2) is 0 Å². The van der Waals surface area contributed by atoms with E-state index in [9.17, 15) is 19.2 Å². The van der Waals surface area contributed by atoms with Crippen molar-refractivity contribution in [3.8, 4) is 0 Å². The Morgan fingerprint density at radius 1 is 1.10 bits per heavy atom. The average molecular weight is 403 g/mol. The summed E-state index contributed by atoms with van der Waals surface area (Å²) in [6.45, 7) is 6.37. The Hall–Kier alpha value is -1.52. The number of rotatable bonds is 4. The van der Waals surface area contributed by atoms with Crippen LogP contribution in [0.5, 0.6) is 0 Å². The van der Waals surface area contributed by atoms with Crippen molar-refractivity contribution < 1.29 is 24.3 Å². The first-order valence-electron chi connectivity index (χ1n) is 11.4. The van der Waals surface area contributed by atoms with Crippen molar-refractivity contribution in [2.75, 3.05) is 0 Å². The number of ketones is 3. The zero-order valence-electron chi connectivity index (χ0n) is 17.9. The fraction of sp³-hybridized carbons (Fsp3) is 0.833. The number of hydrogen-bond donors (Lipinski definition) is 1. The second kappa shape index (κ2) is 7.02. The molecule has 0 heterocycles. The second-order valence-corrected chi connectivity index (χ2v) is 10.9. The summed E-state index contributed by atoms with van der Waals surface area (Å²) in [6, 6.07) is 0. The molecule has 0 bridgehead atoms. The Morgan fingerprint density at radius 3 is 2.52 bits per heavy atom. The van der Waals surface area contributed by atoms with E-state index in [-0.39, 0.29) is 64.7 Å². The fourth-order valence-corrected chi connectivity index (χ4v) is 7.94. The Balaban J connectivity index is 1.63. The Labute approximate surface area is 173 Å². The van der Waals surface area contributed by atoms with E-state index in [1.54, 1.807) is 0 Å². The van der Waals surface area contributed by atoms with E-state index in [2.05, 4.69) is 20.8 Å². The minimum absolute atomic E-state index is 0.0659. The van der Waals surface area contributed by atoms with Crippen molar-refractivity contribution in [3.05, 3.63) is 0 Å². The minimum atomic E-state index is -0.792. The third-order valence-corrected chi connectivity index (χ3v) is 9.72. The molecule has 0 amide bonds. The van der Waals surface area contributed by atoms with Crippen LogP contribution in [0, 0.1) is 46.3 Å². The van der Waals surface area contributed by atoms with E-state index >= 15 is 0 Å². The normalized spacial score (nSPS) is 45.3. The Bertz CT molecular complexity index is 756. The van der Waals surface area contributed by atoms with E-state index in [0.29, 0.717) is 32.1 Å². The molecule has 4 unspecified atom stereocenters. The van der Waals surface area contributed by atoms with Gasteiger partial charge in [-0.1, -0.05) is 20.8 Å². The van der Waals surface area contributed by atoms with Crippen LogP contribution in [0.3, 0.4) is 0 Å². The molecule has 0 aromatic rings. The molecule has 5 nitrogen and oxygen atoms in total. The van der Waals surface area contributed by atoms with Gasteiger partial charge in [0.15, 0.2) is 0 Å². The largest absolute Gasteiger partial charge is 0.481 e. The number of carboxylic acids is 1. The molecule has 0 aromatic heterocycles. The molecule has 0 spiro atoms. The molecule has 4 fully saturated rings. The lowest BCUT2D eigenvalue weighted by molar-refractivity contribution is -0.166. The lowest BCUT2D eigenvalue weighted by Crippen LogP contribution is -2.60. The molecule has 0 saturated heterocycles. The SMILES string of the molecule is CC(CCC(=O)O)[C@H]1CCC2C3C(=O)C[C@@H]4CC(=O)CC[C@]4(C)C3CC(=O)[C@@]21C. The van der Waals surface area contributed by atoms with Crippen LogP contribution in [0.4, 0.5) is 0 Å². The van der Waals surface area contributed by atoms with Gasteiger partial charge in [0.1, 0.15) is 17.3 Å². The summed E-state index contributed by atoms with van der Waals surface area (Å²) in [5.74, 6) is 0.524. The zero-order valence-corrected chi connectivity index (χ0v) is 17.9. The third-order valence-electron chi connectivity index (χ3n) is 9.72. The molecule has 8 atom stereocenters. The molecule has 0 aromatic carbocycles. The summed E-state index contributed by atoms with van der Waals surface area (Å²) < 4.78 is 0. The number of carbonyl (C=O) groups excluding carboxylic acids is 3. The minimum Gasteiger partial charge on any atom is -0.481 e. The van der Waals surface area contributed by atoms with E-state index < -0.39 is 11.4 Å². The van der Waals surface area contributed by atoms with Gasteiger partial charge in [-0.05, 0) is 60.7 Å². The molecule has 0 radical (unpaired) electrons. The first-order valence-corrected chi connectivity index (χ1v) is 11.4. The van der Waals surface area contributed by atoms with Crippen LogP contribution in [0.1, 0.15) is 78.6 Å². The highest BCUT2D eigenvalue weighted by Crippen LogP contribution is 2.66. The first-order chi connectivity index (χ1) is 13.6. The van der Waals surface area contributed by atoms with Crippen LogP contribution in [-0.2, 0) is 19.2 Å². The predicted molar refractivity (Wildman–Crippen MR) is 107 cm³/mol. The van der Waals surface area contributed by atoms with Crippen molar-refractivity contribution in [1.82, 2.24) is 0 Å². The first kappa shape index (κ1) is 20.7. The summed E-state index contributed by atoms with van der Waals surface area (Å²) in [4.78, 5) is 50.0. The molecule has 5 heteroatoms. The maximum Gasteiger partial charge on any atom is 0.303 e. The number of carboxylic acid groups (broad SMARTS) is 1. The van der Waals surface area contributed by atoms with Crippen LogP contribution in [0.25, 0.3) is 0 Å². The molecule has 160 valence electrons. The molecule has 4 saturated carbocycles. The average Bonchev–Trinajstić information content (AvgIpc) is 3.01. The number of aliphatic carboxylic acids is 1. The fourth-order valence-electron chi connectivity index (χ4n) is 7.94. The van der Waals surface area contributed by atoms with Gasteiger partial charge in [0.05, 0.1) is 0 Å². The van der Waals surface area contributed by atoms with Crippen molar-refractivity contribution in [3.63, 3.8) is 0 Å². The summed E-state index contributed by atoms with van der Waals surface area (Å²) in [5, 5.41) is 9.06. The van der Waals surface area contributed by atoms with Crippen LogP contribution >= 0.6 is 0 Å². The zero-order chi connectivity index (χ0) is 21.1. The summed E-state index contributed by atoms with van der Waals surface area (Å²) in [5.41, 5.74) is -0.598. The van der Waals surface area contributed by atoms with Gasteiger partial charge in [0, 0.05) is 43.4 Å². The number of fused-ring (bicyclic) bond motifs is 5. The molecule has 4 aliphatic carbocycles. The van der Waals surface area contributed by atoms with Gasteiger partial charge in [0.2, 0.25) is 0 Å². The predicted octanol–water partition coefficient (Wildman–Crippen LogP) is 4.07. The molecule has 0 aliphatic heterocycles. The quantitative estimate of drug-likeness (QED) is 0.766. The van der Waals surface area contributed by atoms with Crippen molar-refractivity contribution in [2.24, 2.45) is 46.3 Å². The topological polar surface area (TPSA) is 88.5 Å². The molecule has 4 rings (SSSR count). The maximum atomic E-state index is 13.6. The monoisotopic (exact) mass is 402 g/mol. The van der Waals surface area contributed by atoms with Gasteiger partial charge in [0.25, 0.3) is 0 Å². The molecular formula is C24H34O5. The van der Waals surface area contributed by atoms with Gasteiger partial charge in [-0.25, -0.2) is 0 Å². The number of carbonyl (C=O) groups is 4. The third kappa shape index (κ3) is 3.02. The van der Waals surface area contributed by atoms with E-state index in [1.807, 2.05) is 0 Å². The van der Waals surface area contributed by atoms with Gasteiger partial charge in [-0.3, -0.25) is 19.2 Å². The van der Waals surface area contributed by atoms with Crippen LogP contribution in [-0.4, -0.2) is 28.4 Å². The molecular weight excluding hydrogens is 368 g/mol. The molecule has 29 heavy (non-hydrogen) atoms. The number of Topliss-reactive ketones (excluding diaryl/α,β-unsaturated/α-hetero) is 3. The van der Waals surface area contributed by atoms with Crippen LogP contribution < -0.4 is 0 Å². The van der Waals surface area contributed by atoms with E-state index in [0.717, 1.165) is 19.3 Å². The Morgan fingerprint density at radius 2 is 1.83 bits per heavy atom. The van der Waals surface area contributed by atoms with Crippen molar-refractivity contribution >= 4 is 23.3 Å². The second-order valence-electron chi connectivity index (χ2n) is 10.9. The van der Waals surface area contributed by atoms with E-state index in [1.165, 1.54) is 0 Å². The highest BCUT2D eigenvalue weighted by atomic mass is 16.4. The lowest BCUT2D eigenvalue weighted by Gasteiger charge is -2.58. The Kier molecular flexibility index (Phi) is 5.02. The summed E-state index contributed by atoms with van der Waals surface area (Å²) in [7, 11) is 0. The molecule has 1 N–H and O–H groups in total. The highest BCUT2D eigenvalue weighted by Gasteiger charge is 2.66. The maximum absolute atomic E-state index is 13.6. The van der Waals surface area contributed by atoms with Gasteiger partial charge < -0.3 is 5.11 Å². The van der Waals surface area contributed by atoms with E-state index in [4.69, 9.17) is 5.11 Å². The van der Waals surface area contributed by atoms with Gasteiger partial charge in [-0.2, -0.15) is 0 Å². The molecule has 4 aliphatic rings. The van der Waals surface area contributed by atoms with Crippen molar-refractivity contribution in [1.29, 1.82) is 0 Å². The van der Waals surface area contributed by atoms with Gasteiger partial charge in [-0.15, -0.1) is 0 Å². The summed E-state index contributed by atoms with van der Waals surface area (Å²) >= 11 is 0.